The minimum atomic E-state index is -0.178. The van der Waals surface area contributed by atoms with E-state index in [1.54, 1.807) is 6.07 Å². The zero-order valence-corrected chi connectivity index (χ0v) is 12.9. The Balaban J connectivity index is 1.96. The monoisotopic (exact) mass is 370 g/mol. The highest BCUT2D eigenvalue weighted by Gasteiger charge is 2.02. The molecule has 100 valence electrons. The van der Waals surface area contributed by atoms with Gasteiger partial charge in [-0.05, 0) is 77.4 Å². The number of halogens is 2. The number of nitrogens with two attached hydrogens (primary N) is 1. The number of hydrogen-bond donors (Lipinski definition) is 2. The zero-order valence-electron chi connectivity index (χ0n) is 10.7. The van der Waals surface area contributed by atoms with Crippen LogP contribution in [-0.4, -0.2) is 6.54 Å². The van der Waals surface area contributed by atoms with E-state index >= 15 is 0 Å². The summed E-state index contributed by atoms with van der Waals surface area (Å²) in [5.41, 5.74) is 9.72. The molecule has 0 radical (unpaired) electrons. The Kier molecular flexibility index (Phi) is 4.63. The smallest absolute Gasteiger partial charge is 0.123 e. The van der Waals surface area contributed by atoms with Crippen molar-refractivity contribution in [2.75, 3.05) is 17.6 Å². The van der Waals surface area contributed by atoms with Crippen LogP contribution in [0, 0.1) is 16.3 Å². The van der Waals surface area contributed by atoms with E-state index in [0.29, 0.717) is 0 Å². The molecule has 2 aromatic rings. The number of rotatable bonds is 4. The molecule has 0 heterocycles. The second-order valence-corrected chi connectivity index (χ2v) is 5.65. The predicted octanol–water partition coefficient (Wildman–Crippen LogP) is 3.98. The Hall–Kier alpha value is -1.30. The van der Waals surface area contributed by atoms with Crippen molar-refractivity contribution in [1.29, 1.82) is 0 Å². The maximum Gasteiger partial charge on any atom is 0.123 e. The van der Waals surface area contributed by atoms with Crippen molar-refractivity contribution in [3.63, 3.8) is 0 Å². The van der Waals surface area contributed by atoms with Crippen molar-refractivity contribution >= 4 is 34.0 Å². The fourth-order valence-corrected chi connectivity index (χ4v) is 2.68. The standard InChI is InChI=1S/C15H16FIN2/c1-10-8-12(16)3-2-11(10)6-7-19-15-5-4-13(18)9-14(15)17/h2-5,8-9,19H,6-7,18H2,1H3. The van der Waals surface area contributed by atoms with Gasteiger partial charge in [-0.3, -0.25) is 0 Å². The molecule has 2 rings (SSSR count). The van der Waals surface area contributed by atoms with Crippen molar-refractivity contribution in [3.05, 3.63) is 56.9 Å². The Labute approximate surface area is 126 Å². The summed E-state index contributed by atoms with van der Waals surface area (Å²) in [7, 11) is 0. The number of benzene rings is 2. The SMILES string of the molecule is Cc1cc(F)ccc1CCNc1ccc(N)cc1I. The molecule has 2 aromatic carbocycles. The lowest BCUT2D eigenvalue weighted by Gasteiger charge is -2.10. The Bertz CT molecular complexity index is 533. The maximum atomic E-state index is 13.0. The summed E-state index contributed by atoms with van der Waals surface area (Å²) in [6, 6.07) is 10.7. The van der Waals surface area contributed by atoms with Crippen LogP contribution >= 0.6 is 22.6 Å². The van der Waals surface area contributed by atoms with Crippen LogP contribution in [0.5, 0.6) is 0 Å². The van der Waals surface area contributed by atoms with Crippen LogP contribution in [-0.2, 0) is 6.42 Å². The first-order valence-corrected chi connectivity index (χ1v) is 7.18. The summed E-state index contributed by atoms with van der Waals surface area (Å²) in [5, 5.41) is 3.37. The van der Waals surface area contributed by atoms with Crippen LogP contribution in [0.4, 0.5) is 15.8 Å². The van der Waals surface area contributed by atoms with Gasteiger partial charge in [0, 0.05) is 21.5 Å². The first-order chi connectivity index (χ1) is 9.06. The fraction of sp³-hybridized carbons (Fsp3) is 0.200. The summed E-state index contributed by atoms with van der Waals surface area (Å²) in [5.74, 6) is -0.178. The third-order valence-electron chi connectivity index (χ3n) is 3.01. The van der Waals surface area contributed by atoms with Crippen LogP contribution in [0.25, 0.3) is 0 Å². The number of anilines is 2. The molecule has 0 bridgehead atoms. The molecule has 0 unspecified atom stereocenters. The summed E-state index contributed by atoms with van der Waals surface area (Å²) in [4.78, 5) is 0. The topological polar surface area (TPSA) is 38.0 Å². The van der Waals surface area contributed by atoms with Gasteiger partial charge in [0.1, 0.15) is 5.82 Å². The van der Waals surface area contributed by atoms with E-state index < -0.39 is 0 Å². The number of nitrogen functional groups attached to an aromatic ring is 1. The molecule has 0 fully saturated rings. The largest absolute Gasteiger partial charge is 0.399 e. The number of aryl methyl sites for hydroxylation is 1. The van der Waals surface area contributed by atoms with Gasteiger partial charge in [-0.2, -0.15) is 0 Å². The molecule has 0 spiro atoms. The molecule has 0 saturated heterocycles. The van der Waals surface area contributed by atoms with E-state index in [-0.39, 0.29) is 5.82 Å². The number of nitrogens with one attached hydrogen (secondary N) is 1. The highest BCUT2D eigenvalue weighted by molar-refractivity contribution is 14.1. The average Bonchev–Trinajstić information content (AvgIpc) is 2.34. The van der Waals surface area contributed by atoms with Gasteiger partial charge in [0.25, 0.3) is 0 Å². The molecule has 3 N–H and O–H groups in total. The van der Waals surface area contributed by atoms with Gasteiger partial charge in [0.05, 0.1) is 0 Å². The molecule has 0 amide bonds. The average molecular weight is 370 g/mol. The third-order valence-corrected chi connectivity index (χ3v) is 3.90. The highest BCUT2D eigenvalue weighted by Crippen LogP contribution is 2.21. The quantitative estimate of drug-likeness (QED) is 0.631. The lowest BCUT2D eigenvalue weighted by atomic mass is 10.1. The van der Waals surface area contributed by atoms with E-state index in [9.17, 15) is 4.39 Å². The van der Waals surface area contributed by atoms with Crippen molar-refractivity contribution < 1.29 is 4.39 Å². The van der Waals surface area contributed by atoms with Crippen LogP contribution in [0.15, 0.2) is 36.4 Å². The van der Waals surface area contributed by atoms with Gasteiger partial charge in [0.2, 0.25) is 0 Å². The van der Waals surface area contributed by atoms with Crippen LogP contribution in [0.3, 0.4) is 0 Å². The zero-order chi connectivity index (χ0) is 13.8. The van der Waals surface area contributed by atoms with E-state index in [4.69, 9.17) is 5.73 Å². The maximum absolute atomic E-state index is 13.0. The van der Waals surface area contributed by atoms with Gasteiger partial charge in [-0.1, -0.05) is 6.07 Å². The first kappa shape index (κ1) is 14.1. The van der Waals surface area contributed by atoms with Crippen molar-refractivity contribution in [3.8, 4) is 0 Å². The summed E-state index contributed by atoms with van der Waals surface area (Å²) in [6.45, 7) is 2.75. The normalized spacial score (nSPS) is 10.5. The molecule has 0 aliphatic rings. The van der Waals surface area contributed by atoms with Crippen molar-refractivity contribution in [2.45, 2.75) is 13.3 Å². The van der Waals surface area contributed by atoms with Crippen LogP contribution < -0.4 is 11.1 Å². The molecule has 4 heteroatoms. The Morgan fingerprint density at radius 2 is 2.00 bits per heavy atom. The lowest BCUT2D eigenvalue weighted by molar-refractivity contribution is 0.625. The third kappa shape index (κ3) is 3.83. The fourth-order valence-electron chi connectivity index (χ4n) is 1.95. The molecule has 0 saturated carbocycles. The molecule has 19 heavy (non-hydrogen) atoms. The van der Waals surface area contributed by atoms with E-state index in [1.807, 2.05) is 31.2 Å². The Morgan fingerprint density at radius 1 is 1.21 bits per heavy atom. The minimum absolute atomic E-state index is 0.178. The molecular weight excluding hydrogens is 354 g/mol. The van der Waals surface area contributed by atoms with Crippen molar-refractivity contribution in [2.24, 2.45) is 0 Å². The van der Waals surface area contributed by atoms with Gasteiger partial charge in [-0.25, -0.2) is 4.39 Å². The molecule has 0 aliphatic carbocycles. The first-order valence-electron chi connectivity index (χ1n) is 6.10. The summed E-state index contributed by atoms with van der Waals surface area (Å²) in [6.07, 6.45) is 0.868. The van der Waals surface area contributed by atoms with E-state index in [2.05, 4.69) is 27.9 Å². The lowest BCUT2D eigenvalue weighted by Crippen LogP contribution is -2.07. The second kappa shape index (κ2) is 6.23. The molecular formula is C15H16FIN2. The van der Waals surface area contributed by atoms with Crippen LogP contribution in [0.1, 0.15) is 11.1 Å². The van der Waals surface area contributed by atoms with Crippen LogP contribution in [0.2, 0.25) is 0 Å². The molecule has 2 nitrogen and oxygen atoms in total. The molecule has 0 aliphatic heterocycles. The minimum Gasteiger partial charge on any atom is -0.399 e. The van der Waals surface area contributed by atoms with Crippen molar-refractivity contribution in [1.82, 2.24) is 0 Å². The van der Waals surface area contributed by atoms with Gasteiger partial charge < -0.3 is 11.1 Å². The van der Waals surface area contributed by atoms with E-state index in [0.717, 1.165) is 33.5 Å². The second-order valence-electron chi connectivity index (χ2n) is 4.49. The predicted molar refractivity (Wildman–Crippen MR) is 86.9 cm³/mol. The summed E-state index contributed by atoms with van der Waals surface area (Å²) >= 11 is 2.26. The highest BCUT2D eigenvalue weighted by atomic mass is 127. The van der Waals surface area contributed by atoms with Gasteiger partial charge >= 0.3 is 0 Å². The van der Waals surface area contributed by atoms with Gasteiger partial charge in [0.15, 0.2) is 0 Å². The van der Waals surface area contributed by atoms with E-state index in [1.165, 1.54) is 11.6 Å². The molecule has 0 aromatic heterocycles. The summed E-state index contributed by atoms with van der Waals surface area (Å²) < 4.78 is 14.1. The Morgan fingerprint density at radius 3 is 2.68 bits per heavy atom. The number of hydrogen-bond acceptors (Lipinski definition) is 2. The molecule has 0 atom stereocenters. The van der Waals surface area contributed by atoms with Gasteiger partial charge in [-0.15, -0.1) is 0 Å².